The fraction of sp³-hybridized carbons (Fsp3) is 0.435. The van der Waals surface area contributed by atoms with Gasteiger partial charge in [-0.05, 0) is 36.8 Å². The van der Waals surface area contributed by atoms with E-state index in [1.165, 1.54) is 16.9 Å². The first kappa shape index (κ1) is 21.5. The van der Waals surface area contributed by atoms with E-state index < -0.39 is 41.8 Å². The molecule has 2 aliphatic heterocycles. The van der Waals surface area contributed by atoms with Crippen molar-refractivity contribution in [2.24, 2.45) is 17.6 Å². The second kappa shape index (κ2) is 8.09. The van der Waals surface area contributed by atoms with Gasteiger partial charge < -0.3 is 20.9 Å². The maximum atomic E-state index is 13.1. The Kier molecular flexibility index (Phi) is 5.61. The van der Waals surface area contributed by atoms with Gasteiger partial charge in [-0.2, -0.15) is 0 Å². The van der Waals surface area contributed by atoms with Crippen molar-refractivity contribution in [3.63, 3.8) is 0 Å². The van der Waals surface area contributed by atoms with Crippen LogP contribution in [0.1, 0.15) is 53.4 Å². The molecule has 4 rings (SSSR count). The van der Waals surface area contributed by atoms with Crippen LogP contribution in [-0.4, -0.2) is 35.1 Å². The van der Waals surface area contributed by atoms with Crippen molar-refractivity contribution >= 4 is 34.1 Å². The van der Waals surface area contributed by atoms with Gasteiger partial charge in [0.1, 0.15) is 5.00 Å². The summed E-state index contributed by atoms with van der Waals surface area (Å²) in [5, 5.41) is 12.7. The molecule has 0 radical (unpaired) electrons. The first-order valence-electron chi connectivity index (χ1n) is 10.4. The maximum Gasteiger partial charge on any atom is 0.310 e. The number of aliphatic carboxylic acids is 1. The summed E-state index contributed by atoms with van der Waals surface area (Å²) in [4.78, 5) is 38.0. The molecule has 0 spiro atoms. The molecule has 164 valence electrons. The van der Waals surface area contributed by atoms with E-state index in [1.54, 1.807) is 0 Å². The molecule has 3 heterocycles. The van der Waals surface area contributed by atoms with Crippen molar-refractivity contribution in [2.75, 3.05) is 5.32 Å². The summed E-state index contributed by atoms with van der Waals surface area (Å²) in [5.74, 6) is -3.38. The quantitative estimate of drug-likeness (QED) is 0.629. The van der Waals surface area contributed by atoms with Gasteiger partial charge in [-0.3, -0.25) is 14.4 Å². The number of nitrogens with two attached hydrogens (primary N) is 1. The highest BCUT2D eigenvalue weighted by Crippen LogP contribution is 2.45. The van der Waals surface area contributed by atoms with E-state index in [9.17, 15) is 19.5 Å². The molecule has 4 atom stereocenters. The minimum absolute atomic E-state index is 0.254. The molecule has 2 amide bonds. The molecule has 4 N–H and O–H groups in total. The molecule has 31 heavy (non-hydrogen) atoms. The number of primary amides is 1. The standard InChI is InChI=1S/C23H26N2O5S/c1-10(2)12-4-6-13(7-5-12)16-11(3)31-22(19(16)20(24)26)25-21(27)17-14-8-9-15(30-14)18(17)23(28)29/h4-7,10,14-15,17-18H,8-9H2,1-3H3,(H2,24,26)(H,25,27)(H,28,29)/t14-,15+,17-,18+/m1/s1. The molecule has 1 aromatic heterocycles. The fourth-order valence-corrected chi connectivity index (χ4v) is 5.85. The highest BCUT2D eigenvalue weighted by atomic mass is 32.1. The van der Waals surface area contributed by atoms with Gasteiger partial charge in [0.05, 0.1) is 29.6 Å². The molecule has 0 saturated carbocycles. The van der Waals surface area contributed by atoms with Gasteiger partial charge in [0.25, 0.3) is 5.91 Å². The van der Waals surface area contributed by atoms with Crippen LogP contribution >= 0.6 is 11.3 Å². The molecule has 0 unspecified atom stereocenters. The predicted molar refractivity (Wildman–Crippen MR) is 118 cm³/mol. The lowest BCUT2D eigenvalue weighted by atomic mass is 9.78. The van der Waals surface area contributed by atoms with Crippen molar-refractivity contribution in [1.82, 2.24) is 0 Å². The molecular weight excluding hydrogens is 416 g/mol. The number of carbonyl (C=O) groups excluding carboxylic acids is 2. The van der Waals surface area contributed by atoms with Crippen molar-refractivity contribution in [3.8, 4) is 11.1 Å². The number of nitrogens with one attached hydrogen (secondary N) is 1. The van der Waals surface area contributed by atoms with Crippen LogP contribution in [0.3, 0.4) is 0 Å². The van der Waals surface area contributed by atoms with E-state index in [0.717, 1.165) is 10.4 Å². The van der Waals surface area contributed by atoms with Crippen LogP contribution in [-0.2, 0) is 14.3 Å². The van der Waals surface area contributed by atoms with Gasteiger partial charge >= 0.3 is 5.97 Å². The van der Waals surface area contributed by atoms with Gasteiger partial charge in [-0.1, -0.05) is 38.1 Å². The smallest absolute Gasteiger partial charge is 0.310 e. The molecule has 1 aromatic carbocycles. The van der Waals surface area contributed by atoms with Crippen molar-refractivity contribution in [1.29, 1.82) is 0 Å². The van der Waals surface area contributed by atoms with E-state index in [-0.39, 0.29) is 5.56 Å². The number of carbonyl (C=O) groups is 3. The maximum absolute atomic E-state index is 13.1. The molecule has 0 aliphatic carbocycles. The normalized spacial score (nSPS) is 24.5. The van der Waals surface area contributed by atoms with Crippen LogP contribution in [0.4, 0.5) is 5.00 Å². The molecule has 2 aliphatic rings. The van der Waals surface area contributed by atoms with Crippen LogP contribution < -0.4 is 11.1 Å². The summed E-state index contributed by atoms with van der Waals surface area (Å²) in [6.45, 7) is 6.09. The van der Waals surface area contributed by atoms with Gasteiger partial charge in [-0.25, -0.2) is 0 Å². The van der Waals surface area contributed by atoms with Crippen molar-refractivity contribution in [2.45, 2.75) is 51.7 Å². The number of thiophene rings is 1. The number of rotatable bonds is 6. The van der Waals surface area contributed by atoms with Crippen molar-refractivity contribution < 1.29 is 24.2 Å². The van der Waals surface area contributed by atoms with Gasteiger partial charge in [0, 0.05) is 10.4 Å². The molecule has 2 bridgehead atoms. The van der Waals surface area contributed by atoms with Crippen LogP contribution in [0.25, 0.3) is 11.1 Å². The number of aryl methyl sites for hydroxylation is 1. The number of amides is 2. The Morgan fingerprint density at radius 3 is 2.29 bits per heavy atom. The van der Waals surface area contributed by atoms with Crippen LogP contribution in [0, 0.1) is 18.8 Å². The van der Waals surface area contributed by atoms with Crippen molar-refractivity contribution in [3.05, 3.63) is 40.3 Å². The first-order chi connectivity index (χ1) is 14.7. The monoisotopic (exact) mass is 442 g/mol. The number of fused-ring (bicyclic) bond motifs is 2. The SMILES string of the molecule is Cc1sc(NC(=O)[C@H]2[C@@H](C(=O)O)[C@@H]3CC[C@H]2O3)c(C(N)=O)c1-c1ccc(C(C)C)cc1. The second-order valence-corrected chi connectivity index (χ2v) is 9.77. The number of ether oxygens (including phenoxy) is 1. The molecule has 2 aromatic rings. The second-order valence-electron chi connectivity index (χ2n) is 8.55. The van der Waals surface area contributed by atoms with Gasteiger partial charge in [0.2, 0.25) is 5.91 Å². The molecular formula is C23H26N2O5S. The number of carboxylic acids is 1. The summed E-state index contributed by atoms with van der Waals surface area (Å²) in [7, 11) is 0. The minimum Gasteiger partial charge on any atom is -0.481 e. The van der Waals surface area contributed by atoms with E-state index >= 15 is 0 Å². The number of hydrogen-bond donors (Lipinski definition) is 3. The first-order valence-corrected chi connectivity index (χ1v) is 11.2. The Morgan fingerprint density at radius 2 is 1.74 bits per heavy atom. The number of hydrogen-bond acceptors (Lipinski definition) is 5. The molecule has 8 heteroatoms. The number of anilines is 1. The number of carboxylic acid groups (broad SMARTS) is 1. The molecule has 2 saturated heterocycles. The fourth-order valence-electron chi connectivity index (χ4n) is 4.77. The lowest BCUT2D eigenvalue weighted by Crippen LogP contribution is -2.41. The van der Waals surface area contributed by atoms with E-state index in [0.29, 0.717) is 29.3 Å². The van der Waals surface area contributed by atoms with Gasteiger partial charge in [0.15, 0.2) is 0 Å². The average Bonchev–Trinajstić information content (AvgIpc) is 3.40. The van der Waals surface area contributed by atoms with E-state index in [2.05, 4.69) is 19.2 Å². The van der Waals surface area contributed by atoms with Gasteiger partial charge in [-0.15, -0.1) is 11.3 Å². The summed E-state index contributed by atoms with van der Waals surface area (Å²) in [6.07, 6.45) is 0.458. The molecule has 2 fully saturated rings. The van der Waals surface area contributed by atoms with Crippen LogP contribution in [0.15, 0.2) is 24.3 Å². The highest BCUT2D eigenvalue weighted by molar-refractivity contribution is 7.17. The van der Waals surface area contributed by atoms with E-state index in [4.69, 9.17) is 10.5 Å². The Morgan fingerprint density at radius 1 is 1.13 bits per heavy atom. The summed E-state index contributed by atoms with van der Waals surface area (Å²) in [5.41, 5.74) is 8.69. The zero-order valence-electron chi connectivity index (χ0n) is 17.7. The van der Waals surface area contributed by atoms with E-state index in [1.807, 2.05) is 31.2 Å². The third-order valence-corrected chi connectivity index (χ3v) is 7.32. The zero-order chi connectivity index (χ0) is 22.4. The lowest BCUT2D eigenvalue weighted by molar-refractivity contribution is -0.147. The third kappa shape index (κ3) is 3.74. The third-order valence-electron chi connectivity index (χ3n) is 6.29. The summed E-state index contributed by atoms with van der Waals surface area (Å²) >= 11 is 1.27. The van der Waals surface area contributed by atoms with Crippen LogP contribution in [0.2, 0.25) is 0 Å². The Bertz CT molecular complexity index is 1040. The predicted octanol–water partition coefficient (Wildman–Crippen LogP) is 3.76. The summed E-state index contributed by atoms with van der Waals surface area (Å²) < 4.78 is 5.69. The Labute approximate surface area is 184 Å². The van der Waals surface area contributed by atoms with Crippen LogP contribution in [0.5, 0.6) is 0 Å². The largest absolute Gasteiger partial charge is 0.481 e. The Balaban J connectivity index is 1.67. The number of benzene rings is 1. The summed E-state index contributed by atoms with van der Waals surface area (Å²) in [6, 6.07) is 7.94. The highest BCUT2D eigenvalue weighted by Gasteiger charge is 2.55. The molecule has 7 nitrogen and oxygen atoms in total. The topological polar surface area (TPSA) is 119 Å². The average molecular weight is 443 g/mol. The lowest BCUT2D eigenvalue weighted by Gasteiger charge is -2.23. The Hall–Kier alpha value is -2.71. The minimum atomic E-state index is -1.03. The zero-order valence-corrected chi connectivity index (χ0v) is 18.5.